The van der Waals surface area contributed by atoms with Gasteiger partial charge in [-0.1, -0.05) is 78.1 Å². The van der Waals surface area contributed by atoms with Crippen LogP contribution in [0.5, 0.6) is 0 Å². The van der Waals surface area contributed by atoms with Gasteiger partial charge in [-0.05, 0) is 12.8 Å². The number of hydrogen-bond donors (Lipinski definition) is 0. The number of amides is 1. The van der Waals surface area contributed by atoms with E-state index >= 15 is 0 Å². The third-order valence-electron chi connectivity index (χ3n) is 4.36. The molecule has 5 heteroatoms. The van der Waals surface area contributed by atoms with E-state index in [-0.39, 0.29) is 12.5 Å². The van der Waals surface area contributed by atoms with E-state index in [0.29, 0.717) is 0 Å². The maximum absolute atomic E-state index is 12.2. The molecule has 0 saturated heterocycles. The quantitative estimate of drug-likeness (QED) is 0.353. The second kappa shape index (κ2) is 17.7. The zero-order valence-corrected chi connectivity index (χ0v) is 16.4. The second-order valence-corrected chi connectivity index (χ2v) is 6.78. The SMILES string of the molecule is CCCCCCCCN(CCCCCCCC)C(=O)COCC(=O)[O-]. The Bertz CT molecular complexity index is 318. The predicted molar refractivity (Wildman–Crippen MR) is 99.2 cm³/mol. The van der Waals surface area contributed by atoms with Crippen molar-refractivity contribution in [2.45, 2.75) is 90.9 Å². The van der Waals surface area contributed by atoms with Crippen LogP contribution in [0, 0.1) is 0 Å². The summed E-state index contributed by atoms with van der Waals surface area (Å²) >= 11 is 0. The van der Waals surface area contributed by atoms with Gasteiger partial charge in [-0.2, -0.15) is 0 Å². The van der Waals surface area contributed by atoms with E-state index in [2.05, 4.69) is 13.8 Å². The molecule has 0 spiro atoms. The van der Waals surface area contributed by atoms with Gasteiger partial charge in [-0.25, -0.2) is 0 Å². The Balaban J connectivity index is 4.06. The second-order valence-electron chi connectivity index (χ2n) is 6.78. The van der Waals surface area contributed by atoms with Gasteiger partial charge in [-0.3, -0.25) is 4.79 Å². The lowest BCUT2D eigenvalue weighted by Gasteiger charge is -2.23. The first-order valence-electron chi connectivity index (χ1n) is 10.2. The Kier molecular flexibility index (Phi) is 16.9. The van der Waals surface area contributed by atoms with Crippen molar-refractivity contribution in [3.63, 3.8) is 0 Å². The largest absolute Gasteiger partial charge is 0.548 e. The van der Waals surface area contributed by atoms with Crippen molar-refractivity contribution < 1.29 is 19.4 Å². The van der Waals surface area contributed by atoms with Crippen LogP contribution >= 0.6 is 0 Å². The molecule has 0 bridgehead atoms. The molecule has 0 fully saturated rings. The summed E-state index contributed by atoms with van der Waals surface area (Å²) in [4.78, 5) is 24.5. The third-order valence-corrected chi connectivity index (χ3v) is 4.36. The average molecular weight is 357 g/mol. The molecule has 0 aromatic heterocycles. The normalized spacial score (nSPS) is 10.8. The van der Waals surface area contributed by atoms with Crippen LogP contribution in [0.1, 0.15) is 90.9 Å². The summed E-state index contributed by atoms with van der Waals surface area (Å²) in [7, 11) is 0. The molecule has 0 radical (unpaired) electrons. The molecule has 0 saturated carbocycles. The highest BCUT2D eigenvalue weighted by atomic mass is 16.5. The lowest BCUT2D eigenvalue weighted by molar-refractivity contribution is -0.309. The van der Waals surface area contributed by atoms with Crippen LogP contribution in [0.2, 0.25) is 0 Å². The number of carbonyl (C=O) groups is 2. The van der Waals surface area contributed by atoms with Gasteiger partial charge < -0.3 is 19.5 Å². The number of hydrogen-bond acceptors (Lipinski definition) is 4. The number of carboxylic acid groups (broad SMARTS) is 1. The number of ether oxygens (including phenoxy) is 1. The first kappa shape index (κ1) is 23.9. The molecular formula is C20H38NO4-. The Labute approximate surface area is 154 Å². The molecule has 0 aromatic rings. The fourth-order valence-electron chi connectivity index (χ4n) is 2.84. The van der Waals surface area contributed by atoms with Crippen molar-refractivity contribution in [3.8, 4) is 0 Å². The van der Waals surface area contributed by atoms with Gasteiger partial charge in [0.15, 0.2) is 0 Å². The zero-order valence-electron chi connectivity index (χ0n) is 16.4. The van der Waals surface area contributed by atoms with E-state index < -0.39 is 12.6 Å². The number of aliphatic carboxylic acids is 1. The summed E-state index contributed by atoms with van der Waals surface area (Å²) < 4.78 is 4.90. The van der Waals surface area contributed by atoms with Gasteiger partial charge >= 0.3 is 0 Å². The van der Waals surface area contributed by atoms with Crippen molar-refractivity contribution in [2.24, 2.45) is 0 Å². The first-order valence-corrected chi connectivity index (χ1v) is 10.2. The summed E-state index contributed by atoms with van der Waals surface area (Å²) in [5, 5.41) is 10.4. The fourth-order valence-corrected chi connectivity index (χ4v) is 2.84. The van der Waals surface area contributed by atoms with E-state index in [0.717, 1.165) is 38.8 Å². The van der Waals surface area contributed by atoms with Gasteiger partial charge in [0.1, 0.15) is 6.61 Å². The minimum Gasteiger partial charge on any atom is -0.548 e. The molecule has 1 amide bonds. The number of rotatable bonds is 18. The molecule has 0 aliphatic heterocycles. The monoisotopic (exact) mass is 356 g/mol. The van der Waals surface area contributed by atoms with Crippen molar-refractivity contribution in [1.82, 2.24) is 4.90 Å². The van der Waals surface area contributed by atoms with Crippen LogP contribution in [0.4, 0.5) is 0 Å². The summed E-state index contributed by atoms with van der Waals surface area (Å²) in [6.45, 7) is 5.21. The minimum absolute atomic E-state index is 0.108. The Morgan fingerprint density at radius 3 is 1.60 bits per heavy atom. The van der Waals surface area contributed by atoms with E-state index in [1.54, 1.807) is 0 Å². The topological polar surface area (TPSA) is 69.7 Å². The Morgan fingerprint density at radius 1 is 0.720 bits per heavy atom. The summed E-state index contributed by atoms with van der Waals surface area (Å²) in [5.41, 5.74) is 0. The molecule has 0 unspecified atom stereocenters. The number of unbranched alkanes of at least 4 members (excludes halogenated alkanes) is 10. The highest BCUT2D eigenvalue weighted by molar-refractivity contribution is 5.77. The van der Waals surface area contributed by atoms with E-state index in [1.807, 2.05) is 4.90 Å². The van der Waals surface area contributed by atoms with Gasteiger partial charge in [0.25, 0.3) is 0 Å². The van der Waals surface area contributed by atoms with Gasteiger partial charge in [-0.15, -0.1) is 0 Å². The Morgan fingerprint density at radius 2 is 1.16 bits per heavy atom. The van der Waals surface area contributed by atoms with Crippen LogP contribution < -0.4 is 5.11 Å². The number of carbonyl (C=O) groups excluding carboxylic acids is 2. The Hall–Kier alpha value is -1.10. The number of nitrogens with zero attached hydrogens (tertiary/aromatic N) is 1. The van der Waals surface area contributed by atoms with Crippen molar-refractivity contribution in [2.75, 3.05) is 26.3 Å². The van der Waals surface area contributed by atoms with Crippen LogP contribution in [-0.4, -0.2) is 43.1 Å². The highest BCUT2D eigenvalue weighted by Gasteiger charge is 2.13. The smallest absolute Gasteiger partial charge is 0.248 e. The van der Waals surface area contributed by atoms with Crippen molar-refractivity contribution >= 4 is 11.9 Å². The summed E-state index contributed by atoms with van der Waals surface area (Å²) in [5.74, 6) is -1.39. The van der Waals surface area contributed by atoms with E-state index in [1.165, 1.54) is 51.4 Å². The van der Waals surface area contributed by atoms with Gasteiger partial charge in [0, 0.05) is 13.1 Å². The molecule has 148 valence electrons. The molecular weight excluding hydrogens is 318 g/mol. The van der Waals surface area contributed by atoms with Crippen LogP contribution in [0.3, 0.4) is 0 Å². The zero-order chi connectivity index (χ0) is 18.8. The highest BCUT2D eigenvalue weighted by Crippen LogP contribution is 2.09. The number of carboxylic acids is 1. The lowest BCUT2D eigenvalue weighted by Crippen LogP contribution is -2.37. The van der Waals surface area contributed by atoms with Crippen LogP contribution in [0.25, 0.3) is 0 Å². The molecule has 0 aromatic carbocycles. The lowest BCUT2D eigenvalue weighted by atomic mass is 10.1. The average Bonchev–Trinajstić information content (AvgIpc) is 2.58. The maximum Gasteiger partial charge on any atom is 0.248 e. The van der Waals surface area contributed by atoms with Crippen LogP contribution in [0.15, 0.2) is 0 Å². The third kappa shape index (κ3) is 16.1. The van der Waals surface area contributed by atoms with Gasteiger partial charge in [0.05, 0.1) is 12.6 Å². The van der Waals surface area contributed by atoms with Gasteiger partial charge in [0.2, 0.25) is 5.91 Å². The standard InChI is InChI=1S/C20H39NO4/c1-3-5-7-9-11-13-15-21(16-14-12-10-8-6-4-2)19(22)17-25-18-20(23)24/h3-18H2,1-2H3,(H,23,24)/p-1. The summed E-state index contributed by atoms with van der Waals surface area (Å²) in [6.07, 6.45) is 14.3. The van der Waals surface area contributed by atoms with Crippen molar-refractivity contribution in [1.29, 1.82) is 0 Å². The molecule has 0 N–H and O–H groups in total. The van der Waals surface area contributed by atoms with E-state index in [4.69, 9.17) is 4.74 Å². The molecule has 0 aliphatic rings. The minimum atomic E-state index is -1.29. The maximum atomic E-state index is 12.2. The molecule has 0 atom stereocenters. The molecule has 5 nitrogen and oxygen atoms in total. The molecule has 25 heavy (non-hydrogen) atoms. The molecule has 0 heterocycles. The van der Waals surface area contributed by atoms with E-state index in [9.17, 15) is 14.7 Å². The molecule has 0 rings (SSSR count). The predicted octanol–water partition coefficient (Wildman–Crippen LogP) is 3.30. The summed E-state index contributed by atoms with van der Waals surface area (Å²) in [6, 6.07) is 0. The first-order chi connectivity index (χ1) is 12.1. The fraction of sp³-hybridized carbons (Fsp3) is 0.900. The van der Waals surface area contributed by atoms with Crippen LogP contribution in [-0.2, 0) is 14.3 Å². The molecule has 0 aliphatic carbocycles. The van der Waals surface area contributed by atoms with Crippen molar-refractivity contribution in [3.05, 3.63) is 0 Å².